The molecule has 5 rings (SSSR count). The molecular formula is C37H45N5O8. The van der Waals surface area contributed by atoms with Crippen LogP contribution < -0.4 is 26.3 Å². The van der Waals surface area contributed by atoms with Crippen LogP contribution in [0.3, 0.4) is 0 Å². The van der Waals surface area contributed by atoms with E-state index in [4.69, 9.17) is 35.4 Å². The molecule has 3 aromatic rings. The molecule has 266 valence electrons. The Labute approximate surface area is 291 Å². The summed E-state index contributed by atoms with van der Waals surface area (Å²) >= 11 is 0. The van der Waals surface area contributed by atoms with Crippen molar-refractivity contribution in [1.29, 1.82) is 0 Å². The second kappa shape index (κ2) is 14.1. The molecule has 5 atom stereocenters. The lowest BCUT2D eigenvalue weighted by atomic mass is 9.88. The van der Waals surface area contributed by atoms with E-state index in [1.165, 1.54) is 11.0 Å². The number of nitrogens with zero attached hydrogens (tertiary/aromatic N) is 2. The summed E-state index contributed by atoms with van der Waals surface area (Å²) in [7, 11) is 1.57. The fourth-order valence-electron chi connectivity index (χ4n) is 6.45. The average molecular weight is 688 g/mol. The van der Waals surface area contributed by atoms with Crippen LogP contribution in [-0.2, 0) is 23.9 Å². The molecule has 1 saturated carbocycles. The van der Waals surface area contributed by atoms with E-state index in [0.717, 1.165) is 5.56 Å². The van der Waals surface area contributed by atoms with Crippen molar-refractivity contribution in [3.05, 3.63) is 67.3 Å². The molecule has 13 heteroatoms. The van der Waals surface area contributed by atoms with Gasteiger partial charge in [0.1, 0.15) is 34.8 Å². The summed E-state index contributed by atoms with van der Waals surface area (Å²) in [5.41, 5.74) is 10.6. The van der Waals surface area contributed by atoms with Crippen LogP contribution in [0.1, 0.15) is 40.5 Å². The maximum atomic E-state index is 14.5. The minimum atomic E-state index is -1.64. The van der Waals surface area contributed by atoms with Crippen molar-refractivity contribution >= 4 is 34.7 Å². The molecule has 2 heterocycles. The summed E-state index contributed by atoms with van der Waals surface area (Å²) in [4.78, 5) is 60.4. The molecule has 1 aliphatic carbocycles. The Morgan fingerprint density at radius 2 is 1.86 bits per heavy atom. The van der Waals surface area contributed by atoms with Gasteiger partial charge in [-0.1, -0.05) is 36.4 Å². The van der Waals surface area contributed by atoms with Crippen LogP contribution in [0.2, 0.25) is 0 Å². The Hall–Kier alpha value is -5.01. The zero-order valence-electron chi connectivity index (χ0n) is 29.1. The second-order valence-corrected chi connectivity index (χ2v) is 13.6. The van der Waals surface area contributed by atoms with Gasteiger partial charge < -0.3 is 40.6 Å². The standard InChI is InChI=1S/C37H45N5O8/c1-7-36(21-37(36,39)33(45)48-8-2)31(43)29-17-24(20-42(29)32(44)28(19-38)41-34(46)50-35(3,4)5)49-30-18-26(22-12-10-9-11-13-22)40-27-16-23(47-6)14-15-25(27)30/h7,9-16,18,24,28-29H,1,8,17,19-21,38-39H2,2-6H3,(H,41,46)/t24-,28+,29+,36+,37+/m1/s1. The maximum Gasteiger partial charge on any atom is 0.408 e. The van der Waals surface area contributed by atoms with Gasteiger partial charge in [0.2, 0.25) is 5.91 Å². The summed E-state index contributed by atoms with van der Waals surface area (Å²) in [6.45, 7) is 10.3. The third-order valence-electron chi connectivity index (χ3n) is 9.07. The Morgan fingerprint density at radius 3 is 2.48 bits per heavy atom. The van der Waals surface area contributed by atoms with E-state index < -0.39 is 58.5 Å². The average Bonchev–Trinajstić information content (AvgIpc) is 3.52. The first kappa shape index (κ1) is 36.3. The number of ether oxygens (including phenoxy) is 4. The Bertz CT molecular complexity index is 1790. The Kier molecular flexibility index (Phi) is 10.2. The maximum absolute atomic E-state index is 14.5. The van der Waals surface area contributed by atoms with Gasteiger partial charge in [-0.3, -0.25) is 14.4 Å². The lowest BCUT2D eigenvalue weighted by Gasteiger charge is -2.30. The number of hydrogen-bond donors (Lipinski definition) is 3. The van der Waals surface area contributed by atoms with Crippen molar-refractivity contribution in [3.63, 3.8) is 0 Å². The highest BCUT2D eigenvalue weighted by Gasteiger charge is 2.75. The monoisotopic (exact) mass is 687 g/mol. The Morgan fingerprint density at radius 1 is 1.14 bits per heavy atom. The number of carbonyl (C=O) groups is 4. The van der Waals surface area contributed by atoms with Crippen molar-refractivity contribution in [2.24, 2.45) is 16.9 Å². The highest BCUT2D eigenvalue weighted by Crippen LogP contribution is 2.58. The number of carbonyl (C=O) groups excluding carboxylic acids is 4. The van der Waals surface area contributed by atoms with Crippen LogP contribution in [0.25, 0.3) is 22.2 Å². The number of benzene rings is 2. The number of methoxy groups -OCH3 is 1. The van der Waals surface area contributed by atoms with Gasteiger partial charge in [0.25, 0.3) is 0 Å². The lowest BCUT2D eigenvalue weighted by molar-refractivity contribution is -0.148. The predicted molar refractivity (Wildman–Crippen MR) is 186 cm³/mol. The SMILES string of the molecule is C=C[C@@]1(C(=O)[C@@H]2C[C@@H](Oc3cc(-c4ccccc4)nc4cc(OC)ccc34)CN2C(=O)[C@H](CN)NC(=O)OC(C)(C)C)C[C@]1(N)C(=O)OCC. The number of likely N-dealkylation sites (tertiary alicyclic amines) is 1. The number of pyridine rings is 1. The summed E-state index contributed by atoms with van der Waals surface area (Å²) < 4.78 is 22.6. The van der Waals surface area contributed by atoms with Gasteiger partial charge in [-0.05, 0) is 46.2 Å². The fraction of sp³-hybridized carbons (Fsp3) is 0.432. The van der Waals surface area contributed by atoms with E-state index in [1.807, 2.05) is 42.5 Å². The number of hydrogen-bond acceptors (Lipinski definition) is 11. The van der Waals surface area contributed by atoms with E-state index in [2.05, 4.69) is 11.9 Å². The van der Waals surface area contributed by atoms with Gasteiger partial charge in [0, 0.05) is 36.0 Å². The number of esters is 1. The number of ketones is 1. The highest BCUT2D eigenvalue weighted by atomic mass is 16.6. The first-order chi connectivity index (χ1) is 23.7. The first-order valence-electron chi connectivity index (χ1n) is 16.5. The molecule has 1 saturated heterocycles. The molecule has 1 aliphatic heterocycles. The van der Waals surface area contributed by atoms with Crippen molar-refractivity contribution < 1.29 is 38.1 Å². The number of nitrogens with two attached hydrogens (primary N) is 2. The minimum absolute atomic E-state index is 0.0288. The lowest BCUT2D eigenvalue weighted by Crippen LogP contribution is -2.56. The van der Waals surface area contributed by atoms with Crippen molar-refractivity contribution in [2.45, 2.75) is 69.9 Å². The molecule has 13 nitrogen and oxygen atoms in total. The van der Waals surface area contributed by atoms with Crippen LogP contribution in [0.5, 0.6) is 11.5 Å². The molecule has 0 bridgehead atoms. The van der Waals surface area contributed by atoms with Crippen LogP contribution in [0.4, 0.5) is 4.79 Å². The predicted octanol–water partition coefficient (Wildman–Crippen LogP) is 3.52. The quantitative estimate of drug-likeness (QED) is 0.187. The van der Waals surface area contributed by atoms with E-state index in [-0.39, 0.29) is 32.5 Å². The topological polar surface area (TPSA) is 185 Å². The second-order valence-electron chi connectivity index (χ2n) is 13.6. The summed E-state index contributed by atoms with van der Waals surface area (Å²) in [5.74, 6) is -0.731. The molecule has 2 amide bonds. The molecule has 5 N–H and O–H groups in total. The number of alkyl carbamates (subject to hydrolysis) is 1. The summed E-state index contributed by atoms with van der Waals surface area (Å²) in [6.07, 6.45) is -0.142. The Balaban J connectivity index is 1.51. The van der Waals surface area contributed by atoms with E-state index in [9.17, 15) is 19.2 Å². The number of aromatic nitrogens is 1. The molecule has 2 aromatic carbocycles. The molecule has 0 radical (unpaired) electrons. The van der Waals surface area contributed by atoms with E-state index in [0.29, 0.717) is 28.1 Å². The van der Waals surface area contributed by atoms with Crippen LogP contribution in [0.15, 0.2) is 67.3 Å². The fourth-order valence-corrected chi connectivity index (χ4v) is 6.45. The minimum Gasteiger partial charge on any atom is -0.497 e. The number of Topliss-reactive ketones (excluding diaryl/α,β-unsaturated/α-hetero) is 1. The summed E-state index contributed by atoms with van der Waals surface area (Å²) in [5, 5.41) is 3.23. The molecule has 0 spiro atoms. The van der Waals surface area contributed by atoms with Crippen LogP contribution >= 0.6 is 0 Å². The van der Waals surface area contributed by atoms with E-state index >= 15 is 0 Å². The smallest absolute Gasteiger partial charge is 0.408 e. The molecular weight excluding hydrogens is 642 g/mol. The summed E-state index contributed by atoms with van der Waals surface area (Å²) in [6, 6.07) is 14.5. The first-order valence-corrected chi connectivity index (χ1v) is 16.5. The van der Waals surface area contributed by atoms with Gasteiger partial charge in [-0.2, -0.15) is 0 Å². The highest BCUT2D eigenvalue weighted by molar-refractivity contribution is 6.06. The largest absolute Gasteiger partial charge is 0.497 e. The molecule has 2 fully saturated rings. The van der Waals surface area contributed by atoms with Crippen molar-refractivity contribution in [3.8, 4) is 22.8 Å². The third kappa shape index (κ3) is 7.01. The van der Waals surface area contributed by atoms with Crippen molar-refractivity contribution in [2.75, 3.05) is 26.8 Å². The van der Waals surface area contributed by atoms with Gasteiger partial charge in [-0.15, -0.1) is 6.58 Å². The third-order valence-corrected chi connectivity index (χ3v) is 9.07. The van der Waals surface area contributed by atoms with Gasteiger partial charge in [-0.25, -0.2) is 9.78 Å². The zero-order chi connectivity index (χ0) is 36.4. The zero-order valence-corrected chi connectivity index (χ0v) is 29.1. The van der Waals surface area contributed by atoms with Gasteiger partial charge in [0.05, 0.1) is 42.9 Å². The molecule has 0 unspecified atom stereocenters. The normalized spacial score (nSPS) is 23.5. The number of nitrogens with one attached hydrogen (secondary N) is 1. The molecule has 2 aliphatic rings. The number of rotatable bonds is 12. The molecule has 50 heavy (non-hydrogen) atoms. The van der Waals surface area contributed by atoms with Gasteiger partial charge >= 0.3 is 12.1 Å². The van der Waals surface area contributed by atoms with E-state index in [1.54, 1.807) is 46.9 Å². The van der Waals surface area contributed by atoms with Crippen LogP contribution in [0, 0.1) is 5.41 Å². The molecule has 1 aromatic heterocycles. The van der Waals surface area contributed by atoms with Crippen LogP contribution in [-0.4, -0.2) is 89.8 Å². The van der Waals surface area contributed by atoms with Crippen molar-refractivity contribution in [1.82, 2.24) is 15.2 Å². The van der Waals surface area contributed by atoms with Gasteiger partial charge in [0.15, 0.2) is 5.78 Å². The number of amides is 2. The number of fused-ring (bicyclic) bond motifs is 1.